The summed E-state index contributed by atoms with van der Waals surface area (Å²) in [5.74, 6) is -0.381. The van der Waals surface area contributed by atoms with Crippen LogP contribution in [0.25, 0.3) is 0 Å². The minimum atomic E-state index is -0.444. The van der Waals surface area contributed by atoms with Gasteiger partial charge in [0.15, 0.2) is 5.96 Å². The van der Waals surface area contributed by atoms with Crippen molar-refractivity contribution in [1.29, 1.82) is 5.41 Å². The van der Waals surface area contributed by atoms with E-state index >= 15 is 0 Å². The van der Waals surface area contributed by atoms with Crippen LogP contribution in [0.5, 0.6) is 0 Å². The van der Waals surface area contributed by atoms with E-state index in [-0.39, 0.29) is 11.9 Å². The second-order valence-corrected chi connectivity index (χ2v) is 6.58. The number of carbonyl (C=O) groups is 1. The van der Waals surface area contributed by atoms with Crippen LogP contribution in [-0.4, -0.2) is 36.5 Å². The topological polar surface area (TPSA) is 79.4 Å². The molecule has 0 aromatic heterocycles. The molecule has 0 heterocycles. The number of likely N-dealkylation sites (N-methyl/N-ethyl adjacent to an activating group) is 1. The quantitative estimate of drug-likeness (QED) is 0.148. The summed E-state index contributed by atoms with van der Waals surface area (Å²) in [6.07, 6.45) is 17.3. The van der Waals surface area contributed by atoms with Crippen LogP contribution >= 0.6 is 0 Å². The second-order valence-electron chi connectivity index (χ2n) is 6.58. The smallest absolute Gasteiger partial charge is 0.328 e. The van der Waals surface area contributed by atoms with Crippen molar-refractivity contribution in [2.24, 2.45) is 5.73 Å². The fourth-order valence-corrected chi connectivity index (χ4v) is 2.75. The van der Waals surface area contributed by atoms with Gasteiger partial charge in [-0.05, 0) is 39.0 Å². The first-order valence-electron chi connectivity index (χ1n) is 9.93. The van der Waals surface area contributed by atoms with E-state index < -0.39 is 6.04 Å². The standard InChI is InChI=1S/C20H39N3O2/c1-4-6-7-8-9-10-11-12-13-14-15-16-17-18(19(24)25-5-2)23(3)20(21)22/h10-11,18H,4-9,12-17H2,1-3H3,(H3,21,22)/b11-10+. The maximum absolute atomic E-state index is 12.0. The molecule has 1 atom stereocenters. The van der Waals surface area contributed by atoms with Crippen molar-refractivity contribution in [3.63, 3.8) is 0 Å². The number of nitrogens with two attached hydrogens (primary N) is 1. The zero-order valence-corrected chi connectivity index (χ0v) is 16.6. The van der Waals surface area contributed by atoms with E-state index in [0.717, 1.165) is 19.3 Å². The first-order valence-corrected chi connectivity index (χ1v) is 9.93. The average molecular weight is 354 g/mol. The highest BCUT2D eigenvalue weighted by molar-refractivity contribution is 5.83. The number of nitrogens with zero attached hydrogens (tertiary/aromatic N) is 1. The first kappa shape index (κ1) is 23.5. The molecule has 0 aliphatic carbocycles. The van der Waals surface area contributed by atoms with Gasteiger partial charge in [0, 0.05) is 7.05 Å². The average Bonchev–Trinajstić information content (AvgIpc) is 2.58. The lowest BCUT2D eigenvalue weighted by Crippen LogP contribution is -2.46. The fourth-order valence-electron chi connectivity index (χ4n) is 2.75. The van der Waals surface area contributed by atoms with Crippen LogP contribution in [0, 0.1) is 5.41 Å². The number of nitrogens with one attached hydrogen (secondary N) is 1. The first-order chi connectivity index (χ1) is 12.0. The number of allylic oxidation sites excluding steroid dienone is 2. The van der Waals surface area contributed by atoms with Gasteiger partial charge in [-0.2, -0.15) is 0 Å². The Balaban J connectivity index is 3.82. The van der Waals surface area contributed by atoms with Crippen LogP contribution in [0.4, 0.5) is 0 Å². The van der Waals surface area contributed by atoms with E-state index in [1.807, 2.05) is 0 Å². The normalized spacial score (nSPS) is 12.3. The van der Waals surface area contributed by atoms with Crippen molar-refractivity contribution in [2.75, 3.05) is 13.7 Å². The maximum atomic E-state index is 12.0. The minimum Gasteiger partial charge on any atom is -0.464 e. The highest BCUT2D eigenvalue weighted by atomic mass is 16.5. The largest absolute Gasteiger partial charge is 0.464 e. The van der Waals surface area contributed by atoms with E-state index in [4.69, 9.17) is 15.9 Å². The Labute approximate surface area is 154 Å². The van der Waals surface area contributed by atoms with Crippen LogP contribution in [0.2, 0.25) is 0 Å². The Bertz CT molecular complexity index is 383. The third-order valence-corrected chi connectivity index (χ3v) is 4.40. The zero-order valence-electron chi connectivity index (χ0n) is 16.6. The van der Waals surface area contributed by atoms with Crippen molar-refractivity contribution in [3.8, 4) is 0 Å². The summed E-state index contributed by atoms with van der Waals surface area (Å²) in [6.45, 7) is 4.38. The molecule has 0 bridgehead atoms. The van der Waals surface area contributed by atoms with Crippen LogP contribution in [-0.2, 0) is 9.53 Å². The van der Waals surface area contributed by atoms with Gasteiger partial charge in [0.05, 0.1) is 6.61 Å². The Morgan fingerprint density at radius 3 is 2.12 bits per heavy atom. The van der Waals surface area contributed by atoms with Crippen molar-refractivity contribution in [3.05, 3.63) is 12.2 Å². The molecule has 0 rings (SSSR count). The number of hydrogen-bond acceptors (Lipinski definition) is 3. The third-order valence-electron chi connectivity index (χ3n) is 4.40. The van der Waals surface area contributed by atoms with E-state index in [2.05, 4.69) is 19.1 Å². The number of hydrogen-bond donors (Lipinski definition) is 2. The number of carbonyl (C=O) groups excluding carboxylic acids is 1. The Hall–Kier alpha value is -1.52. The van der Waals surface area contributed by atoms with E-state index in [0.29, 0.717) is 13.0 Å². The minimum absolute atomic E-state index is 0.0953. The predicted octanol–water partition coefficient (Wildman–Crippen LogP) is 4.61. The van der Waals surface area contributed by atoms with Crippen LogP contribution in [0.3, 0.4) is 0 Å². The number of unbranched alkanes of at least 4 members (excludes halogenated alkanes) is 8. The molecule has 1 unspecified atom stereocenters. The van der Waals surface area contributed by atoms with Gasteiger partial charge in [-0.15, -0.1) is 0 Å². The summed E-state index contributed by atoms with van der Waals surface area (Å²) in [5, 5.41) is 7.51. The molecule has 0 aromatic carbocycles. The SMILES string of the molecule is CCCCCC/C=C/CCCCCCC(C(=O)OCC)N(C)C(=N)N. The summed E-state index contributed by atoms with van der Waals surface area (Å²) in [5.41, 5.74) is 5.50. The molecular formula is C20H39N3O2. The Kier molecular flexibility index (Phi) is 15.0. The van der Waals surface area contributed by atoms with Gasteiger partial charge in [-0.3, -0.25) is 5.41 Å². The number of guanidine groups is 1. The lowest BCUT2D eigenvalue weighted by molar-refractivity contribution is -0.148. The fraction of sp³-hybridized carbons (Fsp3) is 0.800. The zero-order chi connectivity index (χ0) is 18.9. The van der Waals surface area contributed by atoms with Gasteiger partial charge in [-0.1, -0.05) is 57.6 Å². The number of esters is 1. The molecule has 0 saturated heterocycles. The molecule has 5 nitrogen and oxygen atoms in total. The van der Waals surface area contributed by atoms with Crippen molar-refractivity contribution < 1.29 is 9.53 Å². The molecule has 146 valence electrons. The van der Waals surface area contributed by atoms with Crippen molar-refractivity contribution >= 4 is 11.9 Å². The monoisotopic (exact) mass is 353 g/mol. The Morgan fingerprint density at radius 1 is 1.04 bits per heavy atom. The molecule has 5 heteroatoms. The maximum Gasteiger partial charge on any atom is 0.328 e. The second kappa shape index (κ2) is 16.0. The summed E-state index contributed by atoms with van der Waals surface area (Å²) in [4.78, 5) is 13.5. The molecule has 3 N–H and O–H groups in total. The van der Waals surface area contributed by atoms with Gasteiger partial charge in [0.1, 0.15) is 6.04 Å². The molecular weight excluding hydrogens is 314 g/mol. The molecule has 0 aromatic rings. The molecule has 0 saturated carbocycles. The lowest BCUT2D eigenvalue weighted by atomic mass is 10.0. The highest BCUT2D eigenvalue weighted by Gasteiger charge is 2.24. The van der Waals surface area contributed by atoms with Crippen LogP contribution in [0.15, 0.2) is 12.2 Å². The molecule has 0 radical (unpaired) electrons. The van der Waals surface area contributed by atoms with Crippen molar-refractivity contribution in [2.45, 2.75) is 90.5 Å². The van der Waals surface area contributed by atoms with E-state index in [1.54, 1.807) is 14.0 Å². The van der Waals surface area contributed by atoms with E-state index in [9.17, 15) is 4.79 Å². The summed E-state index contributed by atoms with van der Waals surface area (Å²) in [7, 11) is 1.68. The van der Waals surface area contributed by atoms with Gasteiger partial charge in [0.25, 0.3) is 0 Å². The molecule has 0 spiro atoms. The Morgan fingerprint density at radius 2 is 1.60 bits per heavy atom. The third kappa shape index (κ3) is 12.5. The van der Waals surface area contributed by atoms with Gasteiger partial charge >= 0.3 is 5.97 Å². The lowest BCUT2D eigenvalue weighted by Gasteiger charge is -2.26. The molecule has 0 fully saturated rings. The predicted molar refractivity (Wildman–Crippen MR) is 106 cm³/mol. The van der Waals surface area contributed by atoms with Crippen LogP contribution in [0.1, 0.15) is 84.5 Å². The van der Waals surface area contributed by atoms with Gasteiger partial charge in [0.2, 0.25) is 0 Å². The van der Waals surface area contributed by atoms with Crippen LogP contribution < -0.4 is 5.73 Å². The summed E-state index contributed by atoms with van der Waals surface area (Å²) in [6, 6.07) is -0.444. The summed E-state index contributed by atoms with van der Waals surface area (Å²) >= 11 is 0. The molecule has 25 heavy (non-hydrogen) atoms. The van der Waals surface area contributed by atoms with Crippen molar-refractivity contribution in [1.82, 2.24) is 4.90 Å². The number of rotatable bonds is 15. The summed E-state index contributed by atoms with van der Waals surface area (Å²) < 4.78 is 5.09. The molecule has 0 aliphatic heterocycles. The highest BCUT2D eigenvalue weighted by Crippen LogP contribution is 2.13. The number of ether oxygens (including phenoxy) is 1. The van der Waals surface area contributed by atoms with Gasteiger partial charge < -0.3 is 15.4 Å². The molecule has 0 aliphatic rings. The van der Waals surface area contributed by atoms with Gasteiger partial charge in [-0.25, -0.2) is 4.79 Å². The molecule has 0 amide bonds. The van der Waals surface area contributed by atoms with E-state index in [1.165, 1.54) is 49.8 Å².